The Labute approximate surface area is 305 Å². The number of ether oxygens (including phenoxy) is 2. The van der Waals surface area contributed by atoms with Gasteiger partial charge in [-0.25, -0.2) is 4.79 Å². The lowest BCUT2D eigenvalue weighted by atomic mass is 9.44. The summed E-state index contributed by atoms with van der Waals surface area (Å²) < 4.78 is 19.9. The fourth-order valence-corrected chi connectivity index (χ4v) is 17.1. The van der Waals surface area contributed by atoms with Gasteiger partial charge in [-0.3, -0.25) is 4.79 Å². The Morgan fingerprint density at radius 3 is 2.22 bits per heavy atom. The lowest BCUT2D eigenvalue weighted by Gasteiger charge is -2.58. The Morgan fingerprint density at radius 2 is 1.61 bits per heavy atom. The molecule has 4 fully saturated rings. The molecule has 0 unspecified atom stereocenters. The van der Waals surface area contributed by atoms with Gasteiger partial charge in [0.05, 0.1) is 23.7 Å². The molecule has 11 atom stereocenters. The van der Waals surface area contributed by atoms with Gasteiger partial charge in [-0.05, 0) is 109 Å². The van der Waals surface area contributed by atoms with Crippen molar-refractivity contribution in [1.29, 1.82) is 0 Å². The van der Waals surface area contributed by atoms with Gasteiger partial charge in [0.1, 0.15) is 17.8 Å². The zero-order chi connectivity index (χ0) is 36.1. The van der Waals surface area contributed by atoms with E-state index in [-0.39, 0.29) is 52.9 Å². The van der Waals surface area contributed by atoms with E-state index in [1.807, 2.05) is 12.1 Å². The SMILES string of the molecule is CC1=C(CO[Si](c2ccccc2)(c2ccccc2)C(C)(C)C)C(=O)O[C@@H]([C@@H](C)[C@H]2CC[C@H]3[C@@H]4C[C@H]5O[C@]56[C@@H](O)C=CC(=O)[C@]6(C)[C@H]4CC[C@]23C)C1. The van der Waals surface area contributed by atoms with Crippen LogP contribution in [0, 0.1) is 40.4 Å². The number of aliphatic hydroxyl groups is 1. The van der Waals surface area contributed by atoms with Crippen LogP contribution in [0.5, 0.6) is 0 Å². The molecule has 0 bridgehead atoms. The molecule has 2 aliphatic heterocycles. The summed E-state index contributed by atoms with van der Waals surface area (Å²) in [5, 5.41) is 13.2. The normalized spacial score (nSPS) is 39.4. The van der Waals surface area contributed by atoms with Crippen molar-refractivity contribution in [1.82, 2.24) is 0 Å². The quantitative estimate of drug-likeness (QED) is 0.191. The Bertz CT molecular complexity index is 1720. The minimum Gasteiger partial charge on any atom is -0.458 e. The maximum atomic E-state index is 14.0. The minimum absolute atomic E-state index is 0.0527. The number of carbonyl (C=O) groups excluding carboxylic acids is 2. The number of cyclic esters (lactones) is 1. The summed E-state index contributed by atoms with van der Waals surface area (Å²) in [5.74, 6) is 1.64. The summed E-state index contributed by atoms with van der Waals surface area (Å²) >= 11 is 0. The van der Waals surface area contributed by atoms with Gasteiger partial charge in [-0.1, -0.05) is 101 Å². The van der Waals surface area contributed by atoms with Gasteiger partial charge in [0.15, 0.2) is 5.78 Å². The molecule has 272 valence electrons. The second-order valence-electron chi connectivity index (χ2n) is 18.3. The van der Waals surface area contributed by atoms with Crippen LogP contribution in [0.4, 0.5) is 0 Å². The van der Waals surface area contributed by atoms with Gasteiger partial charge >= 0.3 is 5.97 Å². The van der Waals surface area contributed by atoms with E-state index in [0.29, 0.717) is 23.3 Å². The molecule has 8 rings (SSSR count). The fourth-order valence-electron chi connectivity index (χ4n) is 12.6. The van der Waals surface area contributed by atoms with Crippen LogP contribution in [0.2, 0.25) is 5.04 Å². The number of rotatable bonds is 7. The number of carbonyl (C=O) groups is 2. The maximum absolute atomic E-state index is 14.0. The molecule has 1 spiro atoms. The van der Waals surface area contributed by atoms with Crippen molar-refractivity contribution in [2.24, 2.45) is 40.4 Å². The molecule has 3 saturated carbocycles. The Kier molecular flexibility index (Phi) is 8.34. The first-order valence-corrected chi connectivity index (χ1v) is 21.3. The van der Waals surface area contributed by atoms with Gasteiger partial charge < -0.3 is 19.0 Å². The van der Waals surface area contributed by atoms with Gasteiger partial charge in [-0.15, -0.1) is 0 Å². The molecule has 0 radical (unpaired) electrons. The van der Waals surface area contributed by atoms with Gasteiger partial charge in [0.2, 0.25) is 0 Å². The van der Waals surface area contributed by atoms with Gasteiger partial charge in [0.25, 0.3) is 8.32 Å². The second kappa shape index (κ2) is 12.1. The monoisotopic (exact) mass is 708 g/mol. The van der Waals surface area contributed by atoms with Crippen LogP contribution in [0.25, 0.3) is 0 Å². The fraction of sp³-hybridized carbons (Fsp3) is 0.591. The van der Waals surface area contributed by atoms with E-state index in [1.165, 1.54) is 10.4 Å². The molecule has 0 amide bonds. The van der Waals surface area contributed by atoms with E-state index >= 15 is 0 Å². The van der Waals surface area contributed by atoms with E-state index in [0.717, 1.165) is 44.1 Å². The summed E-state index contributed by atoms with van der Waals surface area (Å²) in [6, 6.07) is 21.1. The molecule has 1 saturated heterocycles. The van der Waals surface area contributed by atoms with Crippen molar-refractivity contribution in [2.45, 2.75) is 116 Å². The number of benzene rings is 2. The Morgan fingerprint density at radius 1 is 0.961 bits per heavy atom. The molecule has 2 heterocycles. The van der Waals surface area contributed by atoms with Crippen LogP contribution >= 0.6 is 0 Å². The van der Waals surface area contributed by atoms with Crippen molar-refractivity contribution in [3.63, 3.8) is 0 Å². The Hall–Kier alpha value is -2.84. The first kappa shape index (κ1) is 35.2. The molecule has 4 aliphatic carbocycles. The number of fused-ring (bicyclic) bond motifs is 4. The van der Waals surface area contributed by atoms with E-state index in [4.69, 9.17) is 13.9 Å². The predicted molar refractivity (Wildman–Crippen MR) is 201 cm³/mol. The summed E-state index contributed by atoms with van der Waals surface area (Å²) in [6.07, 6.45) is 8.23. The molecule has 6 nitrogen and oxygen atoms in total. The third-order valence-electron chi connectivity index (χ3n) is 15.3. The summed E-state index contributed by atoms with van der Waals surface area (Å²) in [7, 11) is -2.81. The Balaban J connectivity index is 1.01. The lowest BCUT2D eigenvalue weighted by Crippen LogP contribution is -2.66. The van der Waals surface area contributed by atoms with Gasteiger partial charge in [-0.2, -0.15) is 0 Å². The third kappa shape index (κ3) is 4.90. The van der Waals surface area contributed by atoms with E-state index < -0.39 is 25.4 Å². The van der Waals surface area contributed by atoms with Crippen LogP contribution in [-0.4, -0.2) is 55.7 Å². The van der Waals surface area contributed by atoms with Crippen molar-refractivity contribution in [2.75, 3.05) is 6.61 Å². The number of hydrogen-bond acceptors (Lipinski definition) is 6. The predicted octanol–water partition coefficient (Wildman–Crippen LogP) is 6.94. The molecular formula is C44H56O6Si. The highest BCUT2D eigenvalue weighted by Crippen LogP contribution is 2.73. The van der Waals surface area contributed by atoms with E-state index in [9.17, 15) is 14.7 Å². The smallest absolute Gasteiger partial charge is 0.336 e. The number of hydrogen-bond donors (Lipinski definition) is 1. The van der Waals surface area contributed by atoms with Crippen molar-refractivity contribution in [3.8, 4) is 0 Å². The highest BCUT2D eigenvalue weighted by Gasteiger charge is 2.80. The zero-order valence-corrected chi connectivity index (χ0v) is 32.5. The largest absolute Gasteiger partial charge is 0.458 e. The van der Waals surface area contributed by atoms with Gasteiger partial charge in [0, 0.05) is 6.42 Å². The number of allylic oxidation sites excluding steroid dienone is 1. The maximum Gasteiger partial charge on any atom is 0.336 e. The average molecular weight is 709 g/mol. The van der Waals surface area contributed by atoms with Crippen molar-refractivity contribution < 1.29 is 28.6 Å². The number of aliphatic hydroxyl groups excluding tert-OH is 1. The minimum atomic E-state index is -2.81. The van der Waals surface area contributed by atoms with E-state index in [2.05, 4.69) is 97.0 Å². The average Bonchev–Trinajstić information content (AvgIpc) is 3.74. The molecule has 7 heteroatoms. The molecule has 51 heavy (non-hydrogen) atoms. The molecule has 0 aromatic heterocycles. The van der Waals surface area contributed by atoms with Crippen molar-refractivity contribution >= 4 is 30.4 Å². The van der Waals surface area contributed by atoms with Crippen LogP contribution in [0.3, 0.4) is 0 Å². The third-order valence-corrected chi connectivity index (χ3v) is 20.3. The van der Waals surface area contributed by atoms with Crippen molar-refractivity contribution in [3.05, 3.63) is 84.0 Å². The molecule has 2 aromatic rings. The van der Waals surface area contributed by atoms with Crippen LogP contribution in [-0.2, 0) is 23.5 Å². The van der Waals surface area contributed by atoms with Crippen LogP contribution < -0.4 is 10.4 Å². The molecular weight excluding hydrogens is 653 g/mol. The summed E-state index contributed by atoms with van der Waals surface area (Å²) in [6.45, 7) is 16.0. The standard InChI is InChI=1S/C44H56O6Si/c1-27-24-36(49-40(47)32(27)26-48-51(41(3,4)5,29-14-10-8-11-15-29)30-16-12-9-13-17-30)28(2)33-18-19-34-31-25-39-44(50-39)38(46)21-20-37(45)43(44,7)35(31)22-23-42(33,34)6/h8-17,20-21,28,31,33-36,38-39,46H,18-19,22-26H2,1-7H3/t28-,31-,33+,34-,35-,36+,38-,39+,42+,43-,44+/m0/s1. The second-order valence-corrected chi connectivity index (χ2v) is 22.6. The lowest BCUT2D eigenvalue weighted by molar-refractivity contribution is -0.155. The highest BCUT2D eigenvalue weighted by atomic mass is 28.4. The first-order valence-electron chi connectivity index (χ1n) is 19.4. The topological polar surface area (TPSA) is 85.4 Å². The number of epoxide rings is 1. The van der Waals surface area contributed by atoms with Crippen LogP contribution in [0.15, 0.2) is 84.0 Å². The summed E-state index contributed by atoms with van der Waals surface area (Å²) in [5.41, 5.74) is 0.438. The number of ketones is 1. The zero-order valence-electron chi connectivity index (χ0n) is 31.5. The first-order chi connectivity index (χ1) is 24.2. The van der Waals surface area contributed by atoms with Crippen LogP contribution in [0.1, 0.15) is 87.0 Å². The molecule has 2 aromatic carbocycles. The highest BCUT2D eigenvalue weighted by molar-refractivity contribution is 6.99. The molecule has 1 N–H and O–H groups in total. The molecule has 6 aliphatic rings. The summed E-state index contributed by atoms with van der Waals surface area (Å²) in [4.78, 5) is 27.6. The van der Waals surface area contributed by atoms with E-state index in [1.54, 1.807) is 12.2 Å². The number of esters is 1.